The highest BCUT2D eigenvalue weighted by molar-refractivity contribution is 5.29. The molecule has 0 N–H and O–H groups in total. The van der Waals surface area contributed by atoms with Crippen LogP contribution in [0.5, 0.6) is 0 Å². The molecule has 2 rings (SSSR count). The Morgan fingerprint density at radius 1 is 1.17 bits per heavy atom. The van der Waals surface area contributed by atoms with Crippen LogP contribution in [0.25, 0.3) is 0 Å². The Morgan fingerprint density at radius 3 is 2.61 bits per heavy atom. The summed E-state index contributed by atoms with van der Waals surface area (Å²) in [6.07, 6.45) is -0.665. The van der Waals surface area contributed by atoms with Crippen molar-refractivity contribution in [3.63, 3.8) is 0 Å². The first-order valence-electron chi connectivity index (χ1n) is 5.53. The fraction of sp³-hybridized carbons (Fsp3) is 0.214. The minimum absolute atomic E-state index is 0.294. The van der Waals surface area contributed by atoms with Crippen molar-refractivity contribution in [2.24, 2.45) is 0 Å². The molecule has 94 valence electrons. The third-order valence-electron chi connectivity index (χ3n) is 2.59. The Bertz CT molecular complexity index is 552. The molecular formula is C14H12F3N. The van der Waals surface area contributed by atoms with Crippen molar-refractivity contribution in [3.8, 4) is 0 Å². The van der Waals surface area contributed by atoms with Gasteiger partial charge >= 0.3 is 0 Å². The topological polar surface area (TPSA) is 12.9 Å². The molecule has 1 heterocycles. The van der Waals surface area contributed by atoms with Gasteiger partial charge in [-0.3, -0.25) is 4.98 Å². The molecule has 1 aromatic heterocycles. The van der Waals surface area contributed by atoms with Crippen LogP contribution in [0.2, 0.25) is 0 Å². The molecule has 0 saturated heterocycles. The van der Waals surface area contributed by atoms with E-state index in [0.717, 1.165) is 17.3 Å². The van der Waals surface area contributed by atoms with Crippen LogP contribution in [0.3, 0.4) is 0 Å². The van der Waals surface area contributed by atoms with Gasteiger partial charge in [0, 0.05) is 23.9 Å². The number of hydrogen-bond acceptors (Lipinski definition) is 1. The second-order valence-corrected chi connectivity index (χ2v) is 4.19. The van der Waals surface area contributed by atoms with Crippen LogP contribution < -0.4 is 0 Å². The van der Waals surface area contributed by atoms with E-state index in [2.05, 4.69) is 4.98 Å². The maximum atomic E-state index is 13.2. The fourth-order valence-corrected chi connectivity index (χ4v) is 1.81. The largest absolute Gasteiger partial charge is 0.263 e. The Labute approximate surface area is 103 Å². The van der Waals surface area contributed by atoms with Crippen LogP contribution in [0.1, 0.15) is 28.8 Å². The molecule has 4 heteroatoms. The average molecular weight is 251 g/mol. The van der Waals surface area contributed by atoms with E-state index in [0.29, 0.717) is 12.0 Å². The predicted octanol–water partition coefficient (Wildman–Crippen LogP) is 4.06. The number of hydrogen-bond donors (Lipinski definition) is 0. The van der Waals surface area contributed by atoms with E-state index in [1.807, 2.05) is 19.1 Å². The van der Waals surface area contributed by atoms with Crippen LogP contribution in [0, 0.1) is 12.7 Å². The molecule has 0 aliphatic rings. The Kier molecular flexibility index (Phi) is 3.65. The predicted molar refractivity (Wildman–Crippen MR) is 63.1 cm³/mol. The zero-order valence-electron chi connectivity index (χ0n) is 9.83. The maximum Gasteiger partial charge on any atom is 0.263 e. The fourth-order valence-electron chi connectivity index (χ4n) is 1.81. The second-order valence-electron chi connectivity index (χ2n) is 4.19. The Balaban J connectivity index is 2.29. The van der Waals surface area contributed by atoms with Crippen LogP contribution in [-0.4, -0.2) is 4.98 Å². The van der Waals surface area contributed by atoms with E-state index in [-0.39, 0.29) is 5.56 Å². The van der Waals surface area contributed by atoms with E-state index >= 15 is 0 Å². The van der Waals surface area contributed by atoms with E-state index in [1.54, 1.807) is 6.20 Å². The van der Waals surface area contributed by atoms with Gasteiger partial charge in [-0.05, 0) is 48.4 Å². The second kappa shape index (κ2) is 5.21. The normalized spacial score (nSPS) is 10.9. The summed E-state index contributed by atoms with van der Waals surface area (Å²) in [5.74, 6) is -0.643. The van der Waals surface area contributed by atoms with Gasteiger partial charge in [0.25, 0.3) is 6.43 Å². The molecule has 0 bridgehead atoms. The summed E-state index contributed by atoms with van der Waals surface area (Å²) < 4.78 is 38.3. The van der Waals surface area contributed by atoms with Crippen molar-refractivity contribution in [2.75, 3.05) is 0 Å². The third-order valence-corrected chi connectivity index (χ3v) is 2.59. The summed E-state index contributed by atoms with van der Waals surface area (Å²) in [5, 5.41) is 0. The number of aromatic nitrogens is 1. The van der Waals surface area contributed by atoms with Crippen molar-refractivity contribution in [3.05, 3.63) is 64.7 Å². The lowest BCUT2D eigenvalue weighted by molar-refractivity contribution is 0.151. The van der Waals surface area contributed by atoms with Gasteiger partial charge in [0.1, 0.15) is 5.82 Å². The van der Waals surface area contributed by atoms with Gasteiger partial charge in [0.2, 0.25) is 0 Å². The zero-order chi connectivity index (χ0) is 13.1. The Hall–Kier alpha value is -1.84. The van der Waals surface area contributed by atoms with Crippen LogP contribution in [0.4, 0.5) is 13.2 Å². The standard InChI is InChI=1S/C14H12F3N/c1-9-2-3-18-13(4-9)7-10-5-11(14(16)17)8-12(15)6-10/h2-6,8,14H,7H2,1H3. The van der Waals surface area contributed by atoms with Gasteiger partial charge in [0.05, 0.1) is 0 Å². The summed E-state index contributed by atoms with van der Waals surface area (Å²) in [5.41, 5.74) is 1.98. The molecule has 1 nitrogen and oxygen atoms in total. The molecule has 2 aromatic rings. The highest BCUT2D eigenvalue weighted by Crippen LogP contribution is 2.22. The van der Waals surface area contributed by atoms with Crippen molar-refractivity contribution < 1.29 is 13.2 Å². The lowest BCUT2D eigenvalue weighted by Gasteiger charge is -2.06. The van der Waals surface area contributed by atoms with Gasteiger partial charge in [-0.25, -0.2) is 13.2 Å². The first kappa shape index (κ1) is 12.6. The van der Waals surface area contributed by atoms with Crippen molar-refractivity contribution in [2.45, 2.75) is 19.8 Å². The number of pyridine rings is 1. The molecule has 0 atom stereocenters. The SMILES string of the molecule is Cc1ccnc(Cc2cc(F)cc(C(F)F)c2)c1. The molecule has 0 radical (unpaired) electrons. The van der Waals surface area contributed by atoms with Gasteiger partial charge < -0.3 is 0 Å². The average Bonchev–Trinajstić information content (AvgIpc) is 2.28. The highest BCUT2D eigenvalue weighted by atomic mass is 19.3. The molecule has 0 spiro atoms. The number of benzene rings is 1. The van der Waals surface area contributed by atoms with E-state index < -0.39 is 12.2 Å². The number of alkyl halides is 2. The van der Waals surface area contributed by atoms with Gasteiger partial charge in [-0.2, -0.15) is 0 Å². The number of aryl methyl sites for hydroxylation is 1. The van der Waals surface area contributed by atoms with Crippen LogP contribution in [-0.2, 0) is 6.42 Å². The lowest BCUT2D eigenvalue weighted by atomic mass is 10.0. The summed E-state index contributed by atoms with van der Waals surface area (Å²) in [6.45, 7) is 1.92. The number of nitrogens with zero attached hydrogens (tertiary/aromatic N) is 1. The van der Waals surface area contributed by atoms with Crippen LogP contribution in [0.15, 0.2) is 36.5 Å². The summed E-state index contributed by atoms with van der Waals surface area (Å²) in [6, 6.07) is 7.14. The summed E-state index contributed by atoms with van der Waals surface area (Å²) in [7, 11) is 0. The van der Waals surface area contributed by atoms with Crippen LogP contribution >= 0.6 is 0 Å². The monoisotopic (exact) mass is 251 g/mol. The van der Waals surface area contributed by atoms with E-state index in [9.17, 15) is 13.2 Å². The summed E-state index contributed by atoms with van der Waals surface area (Å²) >= 11 is 0. The molecule has 0 aliphatic carbocycles. The molecule has 0 saturated carbocycles. The van der Waals surface area contributed by atoms with Crippen molar-refractivity contribution in [1.29, 1.82) is 0 Å². The van der Waals surface area contributed by atoms with E-state index in [1.165, 1.54) is 12.1 Å². The zero-order valence-corrected chi connectivity index (χ0v) is 9.83. The Morgan fingerprint density at radius 2 is 1.94 bits per heavy atom. The molecule has 0 unspecified atom stereocenters. The summed E-state index contributed by atoms with van der Waals surface area (Å²) in [4.78, 5) is 4.13. The maximum absolute atomic E-state index is 13.2. The van der Waals surface area contributed by atoms with Crippen molar-refractivity contribution >= 4 is 0 Å². The minimum atomic E-state index is -2.66. The van der Waals surface area contributed by atoms with Gasteiger partial charge in [0.15, 0.2) is 0 Å². The first-order valence-corrected chi connectivity index (χ1v) is 5.53. The molecule has 0 fully saturated rings. The molecule has 18 heavy (non-hydrogen) atoms. The molecule has 1 aromatic carbocycles. The molecule has 0 aliphatic heterocycles. The number of halogens is 3. The first-order chi connectivity index (χ1) is 8.54. The van der Waals surface area contributed by atoms with E-state index in [4.69, 9.17) is 0 Å². The van der Waals surface area contributed by atoms with Gasteiger partial charge in [-0.1, -0.05) is 0 Å². The smallest absolute Gasteiger partial charge is 0.261 e. The lowest BCUT2D eigenvalue weighted by Crippen LogP contribution is -1.96. The van der Waals surface area contributed by atoms with Gasteiger partial charge in [-0.15, -0.1) is 0 Å². The van der Waals surface area contributed by atoms with Crippen molar-refractivity contribution in [1.82, 2.24) is 4.98 Å². The quantitative estimate of drug-likeness (QED) is 0.801. The minimum Gasteiger partial charge on any atom is -0.261 e. The molecular weight excluding hydrogens is 239 g/mol. The highest BCUT2D eigenvalue weighted by Gasteiger charge is 2.10. The number of rotatable bonds is 3. The molecule has 0 amide bonds. The third kappa shape index (κ3) is 3.09.